The maximum atomic E-state index is 14.3. The van der Waals surface area contributed by atoms with Gasteiger partial charge in [0, 0.05) is 36.6 Å². The number of pyridine rings is 1. The quantitative estimate of drug-likeness (QED) is 0.237. The molecule has 0 unspecified atom stereocenters. The third-order valence-electron chi connectivity index (χ3n) is 7.03. The number of rotatable bonds is 9. The highest BCUT2D eigenvalue weighted by Gasteiger charge is 2.25. The summed E-state index contributed by atoms with van der Waals surface area (Å²) in [6.07, 6.45) is 3.87. The van der Waals surface area contributed by atoms with E-state index in [1.54, 1.807) is 18.2 Å². The molecule has 1 aliphatic carbocycles. The van der Waals surface area contributed by atoms with Crippen LogP contribution >= 0.6 is 0 Å². The van der Waals surface area contributed by atoms with Crippen molar-refractivity contribution in [3.8, 4) is 11.1 Å². The van der Waals surface area contributed by atoms with Crippen LogP contribution in [0.1, 0.15) is 41.1 Å². The Hall–Kier alpha value is -4.15. The minimum Gasteiger partial charge on any atom is -0.299 e. The van der Waals surface area contributed by atoms with E-state index < -0.39 is 44.1 Å². The molecule has 5 rings (SSSR count). The van der Waals surface area contributed by atoms with Gasteiger partial charge in [0.1, 0.15) is 33.9 Å². The molecule has 3 aromatic carbocycles. The van der Waals surface area contributed by atoms with Crippen LogP contribution in [0, 0.1) is 23.3 Å². The molecule has 0 spiro atoms. The summed E-state index contributed by atoms with van der Waals surface area (Å²) in [5.74, 6) is -3.90. The Morgan fingerprint density at radius 2 is 1.66 bits per heavy atom. The van der Waals surface area contributed by atoms with Crippen LogP contribution in [0.3, 0.4) is 0 Å². The number of allylic oxidation sites excluding steroid dienone is 2. The Balaban J connectivity index is 1.52. The number of nitrogens with two attached hydrogens (primary N) is 1. The predicted octanol–water partition coefficient (Wildman–Crippen LogP) is 6.27. The number of benzene rings is 3. The number of carbonyl (C=O) groups is 1. The number of ketones is 1. The Morgan fingerprint density at radius 3 is 2.39 bits per heavy atom. The standard InChI is InChI=1S/C31H24F4N2O3S/c32-23-7-5-19-3-4-20(28(19)17-23)13-26(38)14-22(10-18-11-24(33)16-25(34)12-18)31-27(2-1-9-37-31)21-6-8-29(35)30(15-21)41(36,39)40/h1-2,4-9,11-12,15-17,22H,3,10,13-14H2,(H2,36,39,40)/t22-/m1/s1. The fraction of sp³-hybridized carbons (Fsp3) is 0.161. The van der Waals surface area contributed by atoms with Gasteiger partial charge in [-0.2, -0.15) is 0 Å². The SMILES string of the molecule is NS(=O)(=O)c1cc(-c2cccnc2[C@@H](CC(=O)CC2=CCc3ccc(F)cc32)Cc2cc(F)cc(F)c2)ccc1F. The Morgan fingerprint density at radius 1 is 0.902 bits per heavy atom. The first-order chi connectivity index (χ1) is 19.5. The molecule has 4 aromatic rings. The lowest BCUT2D eigenvalue weighted by Gasteiger charge is -2.20. The number of halogens is 4. The number of carbonyl (C=O) groups excluding carboxylic acids is 1. The van der Waals surface area contributed by atoms with Crippen LogP contribution in [0.5, 0.6) is 0 Å². The van der Waals surface area contributed by atoms with Crippen LogP contribution in [-0.2, 0) is 27.7 Å². The lowest BCUT2D eigenvalue weighted by molar-refractivity contribution is -0.118. The number of primary sulfonamides is 1. The molecule has 1 heterocycles. The second kappa shape index (κ2) is 11.4. The van der Waals surface area contributed by atoms with Crippen molar-refractivity contribution in [3.63, 3.8) is 0 Å². The molecule has 0 amide bonds. The lowest BCUT2D eigenvalue weighted by atomic mass is 9.85. The first-order valence-corrected chi connectivity index (χ1v) is 14.2. The highest BCUT2D eigenvalue weighted by molar-refractivity contribution is 7.89. The second-order valence-corrected chi connectivity index (χ2v) is 11.5. The number of hydrogen-bond donors (Lipinski definition) is 1. The van der Waals surface area contributed by atoms with Gasteiger partial charge < -0.3 is 0 Å². The topological polar surface area (TPSA) is 90.1 Å². The molecular formula is C31H24F4N2O3S. The second-order valence-electron chi connectivity index (χ2n) is 9.96. The van der Waals surface area contributed by atoms with Crippen molar-refractivity contribution in [1.82, 2.24) is 4.98 Å². The first-order valence-electron chi connectivity index (χ1n) is 12.7. The normalized spacial score (nSPS) is 13.5. The van der Waals surface area contributed by atoms with Gasteiger partial charge in [0.15, 0.2) is 0 Å². The predicted molar refractivity (Wildman–Crippen MR) is 146 cm³/mol. The molecule has 0 saturated carbocycles. The molecule has 1 aliphatic rings. The number of fused-ring (bicyclic) bond motifs is 1. The Labute approximate surface area is 234 Å². The van der Waals surface area contributed by atoms with Crippen LogP contribution in [-0.4, -0.2) is 19.2 Å². The zero-order valence-corrected chi connectivity index (χ0v) is 22.4. The molecule has 0 aliphatic heterocycles. The molecular weight excluding hydrogens is 556 g/mol. The molecule has 0 radical (unpaired) electrons. The van der Waals surface area contributed by atoms with Crippen LogP contribution in [0.15, 0.2) is 83.9 Å². The van der Waals surface area contributed by atoms with Crippen molar-refractivity contribution in [2.45, 2.75) is 36.5 Å². The van der Waals surface area contributed by atoms with Gasteiger partial charge in [-0.25, -0.2) is 31.1 Å². The summed E-state index contributed by atoms with van der Waals surface area (Å²) in [6, 6.07) is 14.1. The van der Waals surface area contributed by atoms with Crippen molar-refractivity contribution < 1.29 is 30.8 Å². The van der Waals surface area contributed by atoms with E-state index in [1.165, 1.54) is 36.5 Å². The van der Waals surface area contributed by atoms with Gasteiger partial charge in [-0.05, 0) is 83.1 Å². The summed E-state index contributed by atoms with van der Waals surface area (Å²) in [5, 5.41) is 5.19. The molecule has 1 aromatic heterocycles. The van der Waals surface area contributed by atoms with Crippen molar-refractivity contribution in [2.75, 3.05) is 0 Å². The monoisotopic (exact) mass is 580 g/mol. The third-order valence-corrected chi connectivity index (χ3v) is 7.95. The fourth-order valence-corrected chi connectivity index (χ4v) is 5.88. The molecule has 0 bridgehead atoms. The first kappa shape index (κ1) is 28.4. The van der Waals surface area contributed by atoms with Crippen LogP contribution < -0.4 is 5.14 Å². The molecule has 2 N–H and O–H groups in total. The molecule has 0 saturated heterocycles. The van der Waals surface area contributed by atoms with E-state index in [-0.39, 0.29) is 36.2 Å². The van der Waals surface area contributed by atoms with Gasteiger partial charge in [0.05, 0.1) is 5.69 Å². The zero-order chi connectivity index (χ0) is 29.3. The minimum atomic E-state index is -4.38. The summed E-state index contributed by atoms with van der Waals surface area (Å²) in [7, 11) is -4.38. The third kappa shape index (κ3) is 6.44. The summed E-state index contributed by atoms with van der Waals surface area (Å²) < 4.78 is 80.2. The van der Waals surface area contributed by atoms with Crippen molar-refractivity contribution in [3.05, 3.63) is 125 Å². The summed E-state index contributed by atoms with van der Waals surface area (Å²) in [6.45, 7) is 0. The largest absolute Gasteiger partial charge is 0.299 e. The van der Waals surface area contributed by atoms with E-state index in [9.17, 15) is 30.8 Å². The minimum absolute atomic E-state index is 0.0126. The number of Topliss-reactive ketones (excluding diaryl/α,β-unsaturated/α-hetero) is 1. The summed E-state index contributed by atoms with van der Waals surface area (Å²) >= 11 is 0. The fourth-order valence-electron chi connectivity index (χ4n) is 5.25. The van der Waals surface area contributed by atoms with Crippen LogP contribution in [0.2, 0.25) is 0 Å². The van der Waals surface area contributed by atoms with E-state index in [0.29, 0.717) is 28.8 Å². The van der Waals surface area contributed by atoms with E-state index in [4.69, 9.17) is 5.14 Å². The maximum absolute atomic E-state index is 14.3. The number of sulfonamides is 1. The van der Waals surface area contributed by atoms with Crippen LogP contribution in [0.4, 0.5) is 17.6 Å². The van der Waals surface area contributed by atoms with E-state index in [2.05, 4.69) is 4.98 Å². The maximum Gasteiger partial charge on any atom is 0.240 e. The summed E-state index contributed by atoms with van der Waals surface area (Å²) in [5.41, 5.74) is 3.59. The van der Waals surface area contributed by atoms with Crippen molar-refractivity contribution in [1.29, 1.82) is 0 Å². The number of aromatic nitrogens is 1. The average molecular weight is 581 g/mol. The van der Waals surface area contributed by atoms with Gasteiger partial charge in [0.2, 0.25) is 10.0 Å². The highest BCUT2D eigenvalue weighted by Crippen LogP contribution is 2.36. The number of hydrogen-bond acceptors (Lipinski definition) is 4. The molecule has 1 atom stereocenters. The lowest BCUT2D eigenvalue weighted by Crippen LogP contribution is -2.15. The van der Waals surface area contributed by atoms with Gasteiger partial charge >= 0.3 is 0 Å². The molecule has 210 valence electrons. The number of nitrogens with zero attached hydrogens (tertiary/aromatic N) is 1. The summed E-state index contributed by atoms with van der Waals surface area (Å²) in [4.78, 5) is 17.2. The van der Waals surface area contributed by atoms with E-state index in [1.807, 2.05) is 6.08 Å². The smallest absolute Gasteiger partial charge is 0.240 e. The Kier molecular flexibility index (Phi) is 7.88. The average Bonchev–Trinajstić information content (AvgIpc) is 3.29. The highest BCUT2D eigenvalue weighted by atomic mass is 32.2. The van der Waals surface area contributed by atoms with Crippen LogP contribution in [0.25, 0.3) is 16.7 Å². The molecule has 0 fully saturated rings. The molecule has 41 heavy (non-hydrogen) atoms. The molecule has 5 nitrogen and oxygen atoms in total. The van der Waals surface area contributed by atoms with Crippen molar-refractivity contribution >= 4 is 21.4 Å². The molecule has 10 heteroatoms. The van der Waals surface area contributed by atoms with Gasteiger partial charge in [-0.1, -0.05) is 24.3 Å². The van der Waals surface area contributed by atoms with Crippen molar-refractivity contribution in [2.24, 2.45) is 5.14 Å². The van der Waals surface area contributed by atoms with Gasteiger partial charge in [-0.3, -0.25) is 9.78 Å². The van der Waals surface area contributed by atoms with Gasteiger partial charge in [0.25, 0.3) is 0 Å². The zero-order valence-electron chi connectivity index (χ0n) is 21.6. The van der Waals surface area contributed by atoms with E-state index >= 15 is 0 Å². The Bertz CT molecular complexity index is 1790. The van der Waals surface area contributed by atoms with Gasteiger partial charge in [-0.15, -0.1) is 0 Å². The van der Waals surface area contributed by atoms with E-state index in [0.717, 1.165) is 23.8 Å².